The summed E-state index contributed by atoms with van der Waals surface area (Å²) in [5.41, 5.74) is 1.41. The summed E-state index contributed by atoms with van der Waals surface area (Å²) in [5, 5.41) is 12.1. The number of nitrogens with one attached hydrogen (secondary N) is 1. The fourth-order valence-corrected chi connectivity index (χ4v) is 2.58. The Hall–Kier alpha value is -1.10. The van der Waals surface area contributed by atoms with E-state index in [1.807, 2.05) is 12.1 Å². The summed E-state index contributed by atoms with van der Waals surface area (Å²) in [6.45, 7) is 2.27. The quantitative estimate of drug-likeness (QED) is 0.678. The molecule has 0 amide bonds. The van der Waals surface area contributed by atoms with Gasteiger partial charge in [0.25, 0.3) is 0 Å². The molecule has 1 saturated carbocycles. The monoisotopic (exact) mass is 279 g/mol. The van der Waals surface area contributed by atoms with Gasteiger partial charge in [-0.15, -0.1) is 0 Å². The SMILES string of the molecule is COc1ccc(C2CC(NCCCOCCO)C2)cc1. The highest BCUT2D eigenvalue weighted by molar-refractivity contribution is 5.30. The minimum Gasteiger partial charge on any atom is -0.497 e. The molecule has 0 bridgehead atoms. The van der Waals surface area contributed by atoms with Crippen molar-refractivity contribution in [2.75, 3.05) is 33.5 Å². The summed E-state index contributed by atoms with van der Waals surface area (Å²) in [4.78, 5) is 0. The second-order valence-electron chi connectivity index (χ2n) is 5.28. The average molecular weight is 279 g/mol. The van der Waals surface area contributed by atoms with E-state index in [1.165, 1.54) is 18.4 Å². The van der Waals surface area contributed by atoms with Crippen LogP contribution in [0.15, 0.2) is 24.3 Å². The van der Waals surface area contributed by atoms with Gasteiger partial charge in [0.05, 0.1) is 20.3 Å². The maximum atomic E-state index is 8.58. The molecule has 1 aromatic carbocycles. The molecular weight excluding hydrogens is 254 g/mol. The molecule has 112 valence electrons. The van der Waals surface area contributed by atoms with Crippen molar-refractivity contribution < 1.29 is 14.6 Å². The van der Waals surface area contributed by atoms with Gasteiger partial charge in [-0.05, 0) is 49.4 Å². The Kier molecular flexibility index (Phi) is 6.30. The van der Waals surface area contributed by atoms with Crippen molar-refractivity contribution in [3.8, 4) is 5.75 Å². The summed E-state index contributed by atoms with van der Waals surface area (Å²) in [6.07, 6.45) is 3.43. The first-order chi connectivity index (χ1) is 9.83. The van der Waals surface area contributed by atoms with E-state index in [1.54, 1.807) is 7.11 Å². The fraction of sp³-hybridized carbons (Fsp3) is 0.625. The van der Waals surface area contributed by atoms with E-state index in [-0.39, 0.29) is 6.61 Å². The molecule has 0 aliphatic heterocycles. The van der Waals surface area contributed by atoms with Gasteiger partial charge < -0.3 is 19.9 Å². The van der Waals surface area contributed by atoms with Crippen molar-refractivity contribution in [3.63, 3.8) is 0 Å². The maximum absolute atomic E-state index is 8.58. The standard InChI is InChI=1S/C16H25NO3/c1-19-16-5-3-13(4-6-16)14-11-15(12-14)17-7-2-9-20-10-8-18/h3-6,14-15,17-18H,2,7-12H2,1H3. The molecule has 4 heteroatoms. The van der Waals surface area contributed by atoms with Crippen molar-refractivity contribution in [1.82, 2.24) is 5.32 Å². The Morgan fingerprint density at radius 2 is 1.95 bits per heavy atom. The van der Waals surface area contributed by atoms with Crippen LogP contribution in [0.5, 0.6) is 5.75 Å². The van der Waals surface area contributed by atoms with E-state index >= 15 is 0 Å². The van der Waals surface area contributed by atoms with Gasteiger partial charge in [0, 0.05) is 12.6 Å². The minimum absolute atomic E-state index is 0.111. The largest absolute Gasteiger partial charge is 0.497 e. The number of ether oxygens (including phenoxy) is 2. The molecule has 0 aromatic heterocycles. The molecule has 0 atom stereocenters. The molecule has 1 fully saturated rings. The molecule has 4 nitrogen and oxygen atoms in total. The topological polar surface area (TPSA) is 50.7 Å². The Balaban J connectivity index is 1.57. The number of aliphatic hydroxyl groups excluding tert-OH is 1. The zero-order valence-corrected chi connectivity index (χ0v) is 12.2. The highest BCUT2D eigenvalue weighted by atomic mass is 16.5. The molecule has 0 saturated heterocycles. The van der Waals surface area contributed by atoms with Crippen LogP contribution in [0, 0.1) is 0 Å². The predicted molar refractivity (Wildman–Crippen MR) is 79.3 cm³/mol. The van der Waals surface area contributed by atoms with Crippen LogP contribution in [0.3, 0.4) is 0 Å². The fourth-order valence-electron chi connectivity index (χ4n) is 2.58. The van der Waals surface area contributed by atoms with Gasteiger partial charge in [0.15, 0.2) is 0 Å². The Morgan fingerprint density at radius 3 is 2.60 bits per heavy atom. The van der Waals surface area contributed by atoms with Crippen LogP contribution in [-0.2, 0) is 4.74 Å². The van der Waals surface area contributed by atoms with Gasteiger partial charge in [-0.25, -0.2) is 0 Å². The molecule has 2 rings (SSSR count). The second-order valence-corrected chi connectivity index (χ2v) is 5.28. The highest BCUT2D eigenvalue weighted by Gasteiger charge is 2.29. The van der Waals surface area contributed by atoms with Crippen LogP contribution < -0.4 is 10.1 Å². The van der Waals surface area contributed by atoms with Crippen LogP contribution in [0.4, 0.5) is 0 Å². The van der Waals surface area contributed by atoms with E-state index in [0.717, 1.165) is 25.3 Å². The third-order valence-corrected chi connectivity index (χ3v) is 3.86. The molecule has 1 aliphatic rings. The number of aliphatic hydroxyl groups is 1. The van der Waals surface area contributed by atoms with E-state index in [0.29, 0.717) is 18.6 Å². The summed E-state index contributed by atoms with van der Waals surface area (Å²) in [7, 11) is 1.70. The Labute approximate surface area is 121 Å². The minimum atomic E-state index is 0.111. The number of hydrogen-bond donors (Lipinski definition) is 2. The summed E-state index contributed by atoms with van der Waals surface area (Å²) >= 11 is 0. The molecular formula is C16H25NO3. The maximum Gasteiger partial charge on any atom is 0.118 e. The number of rotatable bonds is 9. The predicted octanol–water partition coefficient (Wildman–Crippen LogP) is 1.93. The molecule has 0 spiro atoms. The summed E-state index contributed by atoms with van der Waals surface area (Å²) < 4.78 is 10.4. The van der Waals surface area contributed by atoms with Gasteiger partial charge in [-0.3, -0.25) is 0 Å². The first-order valence-corrected chi connectivity index (χ1v) is 7.39. The van der Waals surface area contributed by atoms with Crippen molar-refractivity contribution in [1.29, 1.82) is 0 Å². The van der Waals surface area contributed by atoms with Gasteiger partial charge >= 0.3 is 0 Å². The van der Waals surface area contributed by atoms with E-state index in [2.05, 4.69) is 17.4 Å². The van der Waals surface area contributed by atoms with E-state index in [4.69, 9.17) is 14.6 Å². The molecule has 0 radical (unpaired) electrons. The van der Waals surface area contributed by atoms with Gasteiger partial charge in [-0.1, -0.05) is 12.1 Å². The zero-order valence-electron chi connectivity index (χ0n) is 12.2. The third kappa shape index (κ3) is 4.47. The van der Waals surface area contributed by atoms with Crippen molar-refractivity contribution in [2.24, 2.45) is 0 Å². The third-order valence-electron chi connectivity index (χ3n) is 3.86. The van der Waals surface area contributed by atoms with Crippen LogP contribution in [0.25, 0.3) is 0 Å². The Bertz CT molecular complexity index is 374. The number of methoxy groups -OCH3 is 1. The first-order valence-electron chi connectivity index (χ1n) is 7.39. The molecule has 20 heavy (non-hydrogen) atoms. The first kappa shape index (κ1) is 15.3. The van der Waals surface area contributed by atoms with Crippen molar-refractivity contribution in [2.45, 2.75) is 31.2 Å². The Morgan fingerprint density at radius 1 is 1.20 bits per heavy atom. The van der Waals surface area contributed by atoms with Crippen molar-refractivity contribution >= 4 is 0 Å². The number of hydrogen-bond acceptors (Lipinski definition) is 4. The average Bonchev–Trinajstić information content (AvgIpc) is 2.45. The molecule has 0 unspecified atom stereocenters. The lowest BCUT2D eigenvalue weighted by molar-refractivity contribution is 0.0897. The smallest absolute Gasteiger partial charge is 0.118 e. The van der Waals surface area contributed by atoms with Gasteiger partial charge in [-0.2, -0.15) is 0 Å². The van der Waals surface area contributed by atoms with Gasteiger partial charge in [0.2, 0.25) is 0 Å². The molecule has 2 N–H and O–H groups in total. The second kappa shape index (κ2) is 8.25. The van der Waals surface area contributed by atoms with Crippen LogP contribution >= 0.6 is 0 Å². The summed E-state index contributed by atoms with van der Waals surface area (Å²) in [6, 6.07) is 9.05. The van der Waals surface area contributed by atoms with Crippen LogP contribution in [-0.4, -0.2) is 44.6 Å². The molecule has 1 aromatic rings. The lowest BCUT2D eigenvalue weighted by atomic mass is 9.76. The number of benzene rings is 1. The molecule has 0 heterocycles. The summed E-state index contributed by atoms with van der Waals surface area (Å²) in [5.74, 6) is 1.61. The van der Waals surface area contributed by atoms with Crippen LogP contribution in [0.1, 0.15) is 30.7 Å². The molecule has 1 aliphatic carbocycles. The van der Waals surface area contributed by atoms with E-state index < -0.39 is 0 Å². The lowest BCUT2D eigenvalue weighted by Crippen LogP contribution is -2.40. The van der Waals surface area contributed by atoms with E-state index in [9.17, 15) is 0 Å². The van der Waals surface area contributed by atoms with Crippen molar-refractivity contribution in [3.05, 3.63) is 29.8 Å². The zero-order chi connectivity index (χ0) is 14.2. The van der Waals surface area contributed by atoms with Gasteiger partial charge in [0.1, 0.15) is 5.75 Å². The normalized spacial score (nSPS) is 21.5. The van der Waals surface area contributed by atoms with Crippen LogP contribution in [0.2, 0.25) is 0 Å². The highest BCUT2D eigenvalue weighted by Crippen LogP contribution is 2.37. The lowest BCUT2D eigenvalue weighted by Gasteiger charge is -2.36.